The number of carboxylic acids is 1. The van der Waals surface area contributed by atoms with Crippen molar-refractivity contribution in [3.63, 3.8) is 0 Å². The number of carboxylic acid groups (broad SMARTS) is 1. The standard InChI is InChI=1S/C12H23N3O5/c1-12(2,3)20-11(19)15-8(5-4-6-13)10(18)14-7-9(16)17/h8H,4-7,13H2,1-3H3,(H,14,18)(H,15,19)(H,16,17)/t8-/m0/s1. The Kier molecular flexibility index (Phi) is 7.60. The van der Waals surface area contributed by atoms with E-state index in [1.54, 1.807) is 20.8 Å². The van der Waals surface area contributed by atoms with Crippen LogP contribution in [0.5, 0.6) is 0 Å². The van der Waals surface area contributed by atoms with E-state index in [1.165, 1.54) is 0 Å². The summed E-state index contributed by atoms with van der Waals surface area (Å²) in [6.07, 6.45) is 0.0901. The second-order valence-electron chi connectivity index (χ2n) is 5.24. The number of alkyl carbamates (subject to hydrolysis) is 1. The Labute approximate surface area is 118 Å². The number of amides is 2. The van der Waals surface area contributed by atoms with E-state index < -0.39 is 36.2 Å². The zero-order chi connectivity index (χ0) is 15.8. The van der Waals surface area contributed by atoms with E-state index >= 15 is 0 Å². The largest absolute Gasteiger partial charge is 0.480 e. The lowest BCUT2D eigenvalue weighted by molar-refractivity contribution is -0.138. The molecule has 20 heavy (non-hydrogen) atoms. The highest BCUT2D eigenvalue weighted by Gasteiger charge is 2.24. The minimum atomic E-state index is -1.16. The van der Waals surface area contributed by atoms with E-state index in [9.17, 15) is 14.4 Å². The van der Waals surface area contributed by atoms with Crippen molar-refractivity contribution in [2.45, 2.75) is 45.3 Å². The van der Waals surface area contributed by atoms with E-state index in [-0.39, 0.29) is 0 Å². The van der Waals surface area contributed by atoms with E-state index in [2.05, 4.69) is 10.6 Å². The Hall–Kier alpha value is -1.83. The lowest BCUT2D eigenvalue weighted by Gasteiger charge is -2.23. The number of nitrogens with one attached hydrogen (secondary N) is 2. The van der Waals surface area contributed by atoms with E-state index in [4.69, 9.17) is 15.6 Å². The summed E-state index contributed by atoms with van der Waals surface area (Å²) in [5.41, 5.74) is 4.68. The molecule has 0 radical (unpaired) electrons. The van der Waals surface area contributed by atoms with Gasteiger partial charge in [-0.15, -0.1) is 0 Å². The highest BCUT2D eigenvalue weighted by molar-refractivity contribution is 5.87. The maximum absolute atomic E-state index is 11.8. The number of nitrogens with two attached hydrogens (primary N) is 1. The topological polar surface area (TPSA) is 131 Å². The molecule has 1 atom stereocenters. The van der Waals surface area contributed by atoms with Gasteiger partial charge in [0.25, 0.3) is 0 Å². The Bertz CT molecular complexity index is 351. The predicted octanol–water partition coefficient (Wildman–Crippen LogP) is -0.181. The highest BCUT2D eigenvalue weighted by atomic mass is 16.6. The van der Waals surface area contributed by atoms with Crippen molar-refractivity contribution in [2.24, 2.45) is 5.73 Å². The number of hydrogen-bond donors (Lipinski definition) is 4. The predicted molar refractivity (Wildman–Crippen MR) is 72.1 cm³/mol. The first-order chi connectivity index (χ1) is 9.15. The van der Waals surface area contributed by atoms with Gasteiger partial charge >= 0.3 is 12.1 Å². The van der Waals surface area contributed by atoms with Crippen LogP contribution >= 0.6 is 0 Å². The molecule has 0 saturated heterocycles. The van der Waals surface area contributed by atoms with Crippen molar-refractivity contribution < 1.29 is 24.2 Å². The molecule has 0 unspecified atom stereocenters. The molecule has 0 aromatic heterocycles. The lowest BCUT2D eigenvalue weighted by atomic mass is 10.1. The second kappa shape index (κ2) is 8.36. The quantitative estimate of drug-likeness (QED) is 0.514. The van der Waals surface area contributed by atoms with Crippen molar-refractivity contribution in [1.29, 1.82) is 0 Å². The monoisotopic (exact) mass is 289 g/mol. The number of carbonyl (C=O) groups excluding carboxylic acids is 2. The smallest absolute Gasteiger partial charge is 0.408 e. The van der Waals surface area contributed by atoms with Crippen molar-refractivity contribution >= 4 is 18.0 Å². The molecule has 116 valence electrons. The van der Waals surface area contributed by atoms with Crippen molar-refractivity contribution in [2.75, 3.05) is 13.1 Å². The summed E-state index contributed by atoms with van der Waals surface area (Å²) < 4.78 is 5.05. The van der Waals surface area contributed by atoms with Crippen LogP contribution in [0.1, 0.15) is 33.6 Å². The molecule has 0 heterocycles. The summed E-state index contributed by atoms with van der Waals surface area (Å²) in [7, 11) is 0. The molecule has 8 nitrogen and oxygen atoms in total. The molecule has 0 spiro atoms. The molecule has 0 bridgehead atoms. The first-order valence-electron chi connectivity index (χ1n) is 6.35. The Morgan fingerprint density at radius 2 is 1.90 bits per heavy atom. The van der Waals surface area contributed by atoms with Crippen LogP contribution in [0.15, 0.2) is 0 Å². The van der Waals surface area contributed by atoms with Gasteiger partial charge < -0.3 is 26.2 Å². The maximum Gasteiger partial charge on any atom is 0.408 e. The van der Waals surface area contributed by atoms with Gasteiger partial charge in [-0.1, -0.05) is 0 Å². The summed E-state index contributed by atoms with van der Waals surface area (Å²) in [6.45, 7) is 4.95. The van der Waals surface area contributed by atoms with Gasteiger partial charge in [0.05, 0.1) is 0 Å². The first kappa shape index (κ1) is 18.2. The van der Waals surface area contributed by atoms with Crippen molar-refractivity contribution in [3.8, 4) is 0 Å². The average molecular weight is 289 g/mol. The fourth-order valence-electron chi connectivity index (χ4n) is 1.33. The van der Waals surface area contributed by atoms with Gasteiger partial charge in [-0.05, 0) is 40.2 Å². The number of aliphatic carboxylic acids is 1. The van der Waals surface area contributed by atoms with Gasteiger partial charge in [-0.25, -0.2) is 4.79 Å². The molecule has 0 rings (SSSR count). The molecule has 2 amide bonds. The third-order valence-corrected chi connectivity index (χ3v) is 2.12. The van der Waals surface area contributed by atoms with Gasteiger partial charge in [0.2, 0.25) is 5.91 Å². The molecule has 5 N–H and O–H groups in total. The van der Waals surface area contributed by atoms with Crippen molar-refractivity contribution in [3.05, 3.63) is 0 Å². The third kappa shape index (κ3) is 9.15. The van der Waals surface area contributed by atoms with Crippen LogP contribution in [-0.2, 0) is 14.3 Å². The van der Waals surface area contributed by atoms with Gasteiger partial charge in [0.15, 0.2) is 0 Å². The Morgan fingerprint density at radius 3 is 2.35 bits per heavy atom. The molecule has 8 heteroatoms. The average Bonchev–Trinajstić information content (AvgIpc) is 2.28. The maximum atomic E-state index is 11.8. The fraction of sp³-hybridized carbons (Fsp3) is 0.750. The van der Waals surface area contributed by atoms with Gasteiger partial charge in [0, 0.05) is 0 Å². The molecular weight excluding hydrogens is 266 g/mol. The van der Waals surface area contributed by atoms with Gasteiger partial charge in [-0.3, -0.25) is 9.59 Å². The van der Waals surface area contributed by atoms with Crippen LogP contribution in [0, 0.1) is 0 Å². The van der Waals surface area contributed by atoms with Crippen LogP contribution in [-0.4, -0.2) is 47.8 Å². The molecule has 0 aromatic carbocycles. The van der Waals surface area contributed by atoms with Gasteiger partial charge in [0.1, 0.15) is 18.2 Å². The molecular formula is C12H23N3O5. The number of carbonyl (C=O) groups is 3. The minimum Gasteiger partial charge on any atom is -0.480 e. The normalized spacial score (nSPS) is 12.4. The van der Waals surface area contributed by atoms with Crippen molar-refractivity contribution in [1.82, 2.24) is 10.6 Å². The summed E-state index contributed by atoms with van der Waals surface area (Å²) in [6, 6.07) is -0.868. The third-order valence-electron chi connectivity index (χ3n) is 2.12. The highest BCUT2D eigenvalue weighted by Crippen LogP contribution is 2.07. The molecule has 0 aromatic rings. The molecule has 0 aliphatic heterocycles. The van der Waals surface area contributed by atoms with Crippen LogP contribution in [0.25, 0.3) is 0 Å². The second-order valence-corrected chi connectivity index (χ2v) is 5.24. The van der Waals surface area contributed by atoms with Crippen LogP contribution in [0.4, 0.5) is 4.79 Å². The first-order valence-corrected chi connectivity index (χ1v) is 6.35. The zero-order valence-corrected chi connectivity index (χ0v) is 12.1. The number of rotatable bonds is 7. The molecule has 0 fully saturated rings. The fourth-order valence-corrected chi connectivity index (χ4v) is 1.33. The Morgan fingerprint density at radius 1 is 1.30 bits per heavy atom. The van der Waals surface area contributed by atoms with Crippen LogP contribution < -0.4 is 16.4 Å². The SMILES string of the molecule is CC(C)(C)OC(=O)N[C@@H](CCCN)C(=O)NCC(=O)O. The van der Waals surface area contributed by atoms with Crippen LogP contribution in [0.3, 0.4) is 0 Å². The summed E-state index contributed by atoms with van der Waals surface area (Å²) >= 11 is 0. The number of ether oxygens (including phenoxy) is 1. The lowest BCUT2D eigenvalue weighted by Crippen LogP contribution is -2.49. The summed E-state index contributed by atoms with van der Waals surface area (Å²) in [5, 5.41) is 13.1. The van der Waals surface area contributed by atoms with E-state index in [1.807, 2.05) is 0 Å². The molecule has 0 aliphatic rings. The van der Waals surface area contributed by atoms with E-state index in [0.29, 0.717) is 19.4 Å². The summed E-state index contributed by atoms with van der Waals surface area (Å²) in [4.78, 5) is 33.8. The Balaban J connectivity index is 4.50. The zero-order valence-electron chi connectivity index (χ0n) is 12.1. The molecule has 0 saturated carbocycles. The molecule has 0 aliphatic carbocycles. The van der Waals surface area contributed by atoms with Gasteiger partial charge in [-0.2, -0.15) is 0 Å². The van der Waals surface area contributed by atoms with E-state index in [0.717, 1.165) is 0 Å². The number of hydrogen-bond acceptors (Lipinski definition) is 5. The minimum absolute atomic E-state index is 0.307. The van der Waals surface area contributed by atoms with Crippen LogP contribution in [0.2, 0.25) is 0 Å². The summed E-state index contributed by atoms with van der Waals surface area (Å²) in [5.74, 6) is -1.74.